The lowest BCUT2D eigenvalue weighted by molar-refractivity contribution is 0.0456. The molecule has 0 saturated heterocycles. The highest BCUT2D eigenvalue weighted by Crippen LogP contribution is 2.26. The van der Waals surface area contributed by atoms with Crippen LogP contribution in [0, 0.1) is 0 Å². The number of aromatic nitrogens is 4. The fourth-order valence-electron chi connectivity index (χ4n) is 2.38. The molecule has 3 N–H and O–H groups in total. The molecule has 0 aliphatic rings. The molecule has 2 heterocycles. The molecule has 25 heavy (non-hydrogen) atoms. The number of rotatable bonds is 9. The smallest absolute Gasteiger partial charge is 0.227 e. The van der Waals surface area contributed by atoms with Gasteiger partial charge in [0, 0.05) is 27.2 Å². The van der Waals surface area contributed by atoms with Gasteiger partial charge in [0.05, 0.1) is 5.60 Å². The van der Waals surface area contributed by atoms with Gasteiger partial charge in [-0.25, -0.2) is 15.0 Å². The van der Waals surface area contributed by atoms with E-state index >= 15 is 0 Å². The number of nitrogens with one attached hydrogen (secondary N) is 2. The lowest BCUT2D eigenvalue weighted by Crippen LogP contribution is -2.35. The van der Waals surface area contributed by atoms with Crippen LogP contribution in [0.1, 0.15) is 40.0 Å². The highest BCUT2D eigenvalue weighted by atomic mass is 16.3. The third-order valence-corrected chi connectivity index (χ3v) is 4.31. The van der Waals surface area contributed by atoms with Gasteiger partial charge < -0.3 is 20.6 Å². The summed E-state index contributed by atoms with van der Waals surface area (Å²) in [5, 5.41) is 17.1. The normalized spacial score (nSPS) is 11.6. The fourth-order valence-corrected chi connectivity index (χ4v) is 2.38. The molecule has 2 aromatic heterocycles. The van der Waals surface area contributed by atoms with Crippen molar-refractivity contribution < 1.29 is 5.11 Å². The zero-order valence-electron chi connectivity index (χ0n) is 15.8. The minimum absolute atomic E-state index is 0.408. The van der Waals surface area contributed by atoms with Gasteiger partial charge in [-0.2, -0.15) is 4.98 Å². The summed E-state index contributed by atoms with van der Waals surface area (Å²) in [6, 6.07) is 0. The van der Waals surface area contributed by atoms with Crippen molar-refractivity contribution in [1.82, 2.24) is 19.9 Å². The number of hydrogen-bond acceptors (Lipinski definition) is 8. The molecule has 0 fully saturated rings. The van der Waals surface area contributed by atoms with Gasteiger partial charge in [0.25, 0.3) is 0 Å². The average molecular weight is 347 g/mol. The standard InChI is InChI=1S/C17H29N7O/c1-6-9-18-15-12-13(22-16(23-15)24(4)5)14(21-11-20-12)19-10-17(25,7-2)8-3/h11,25H,6-10H2,1-5H3,(H,18,22,23)(H,19,20,21). The predicted octanol–water partition coefficient (Wildman–Crippen LogP) is 2.27. The largest absolute Gasteiger partial charge is 0.388 e. The topological polar surface area (TPSA) is 99.1 Å². The van der Waals surface area contributed by atoms with Crippen LogP contribution in [0.15, 0.2) is 6.33 Å². The van der Waals surface area contributed by atoms with Crippen molar-refractivity contribution in [1.29, 1.82) is 0 Å². The van der Waals surface area contributed by atoms with Crippen molar-refractivity contribution in [2.75, 3.05) is 42.7 Å². The maximum Gasteiger partial charge on any atom is 0.227 e. The van der Waals surface area contributed by atoms with Gasteiger partial charge in [0.2, 0.25) is 5.95 Å². The van der Waals surface area contributed by atoms with Crippen molar-refractivity contribution in [3.05, 3.63) is 6.33 Å². The van der Waals surface area contributed by atoms with E-state index in [1.807, 2.05) is 32.8 Å². The third-order valence-electron chi connectivity index (χ3n) is 4.31. The minimum Gasteiger partial charge on any atom is -0.388 e. The Bertz CT molecular complexity index is 701. The van der Waals surface area contributed by atoms with Crippen LogP contribution in [-0.2, 0) is 0 Å². The second kappa shape index (κ2) is 8.24. The number of fused-ring (bicyclic) bond motifs is 1. The summed E-state index contributed by atoms with van der Waals surface area (Å²) in [4.78, 5) is 19.7. The monoisotopic (exact) mass is 347 g/mol. The molecule has 0 saturated carbocycles. The first-order valence-electron chi connectivity index (χ1n) is 8.84. The van der Waals surface area contributed by atoms with Crippen molar-refractivity contribution >= 4 is 28.6 Å². The maximum absolute atomic E-state index is 10.5. The SMILES string of the molecule is CCCNc1nc(N(C)C)nc2c(NCC(O)(CC)CC)ncnc12. The van der Waals surface area contributed by atoms with Crippen LogP contribution < -0.4 is 15.5 Å². The van der Waals surface area contributed by atoms with Gasteiger partial charge in [0.15, 0.2) is 11.6 Å². The lowest BCUT2D eigenvalue weighted by Gasteiger charge is -2.25. The third kappa shape index (κ3) is 4.45. The summed E-state index contributed by atoms with van der Waals surface area (Å²) in [7, 11) is 3.79. The molecule has 2 aromatic rings. The van der Waals surface area contributed by atoms with Gasteiger partial charge in [-0.15, -0.1) is 0 Å². The summed E-state index contributed by atoms with van der Waals surface area (Å²) in [6.07, 6.45) is 3.82. The average Bonchev–Trinajstić information content (AvgIpc) is 2.63. The Labute approximate surface area is 149 Å². The van der Waals surface area contributed by atoms with Crippen LogP contribution in [-0.4, -0.2) is 57.8 Å². The highest BCUT2D eigenvalue weighted by molar-refractivity contribution is 5.93. The zero-order chi connectivity index (χ0) is 18.4. The molecule has 0 atom stereocenters. The van der Waals surface area contributed by atoms with Crippen molar-refractivity contribution in [2.24, 2.45) is 0 Å². The van der Waals surface area contributed by atoms with Gasteiger partial charge in [-0.3, -0.25) is 0 Å². The Hall–Kier alpha value is -2.22. The van der Waals surface area contributed by atoms with E-state index in [4.69, 9.17) is 0 Å². The summed E-state index contributed by atoms with van der Waals surface area (Å²) in [5.74, 6) is 1.89. The van der Waals surface area contributed by atoms with Crippen LogP contribution in [0.5, 0.6) is 0 Å². The van der Waals surface area contributed by atoms with Crippen LogP contribution in [0.25, 0.3) is 11.0 Å². The summed E-state index contributed by atoms with van der Waals surface area (Å²) >= 11 is 0. The maximum atomic E-state index is 10.5. The Morgan fingerprint density at radius 1 is 1.00 bits per heavy atom. The van der Waals surface area contributed by atoms with Crippen molar-refractivity contribution in [3.63, 3.8) is 0 Å². The van der Waals surface area contributed by atoms with Gasteiger partial charge in [0.1, 0.15) is 17.4 Å². The van der Waals surface area contributed by atoms with Gasteiger partial charge in [-0.1, -0.05) is 20.8 Å². The molecule has 0 aliphatic heterocycles. The van der Waals surface area contributed by atoms with E-state index in [2.05, 4.69) is 37.5 Å². The molecule has 0 aliphatic carbocycles. The Morgan fingerprint density at radius 3 is 2.32 bits per heavy atom. The molecule has 8 heteroatoms. The van der Waals surface area contributed by atoms with Crippen LogP contribution in [0.3, 0.4) is 0 Å². The van der Waals surface area contributed by atoms with Crippen LogP contribution in [0.2, 0.25) is 0 Å². The van der Waals surface area contributed by atoms with Crippen molar-refractivity contribution in [3.8, 4) is 0 Å². The van der Waals surface area contributed by atoms with Crippen LogP contribution >= 0.6 is 0 Å². The van der Waals surface area contributed by atoms with Gasteiger partial charge >= 0.3 is 0 Å². The van der Waals surface area contributed by atoms with E-state index in [9.17, 15) is 5.11 Å². The van der Waals surface area contributed by atoms with E-state index in [1.54, 1.807) is 0 Å². The second-order valence-corrected chi connectivity index (χ2v) is 6.40. The highest BCUT2D eigenvalue weighted by Gasteiger charge is 2.23. The number of aliphatic hydroxyl groups is 1. The molecule has 138 valence electrons. The van der Waals surface area contributed by atoms with E-state index < -0.39 is 5.60 Å². The molecular formula is C17H29N7O. The summed E-state index contributed by atoms with van der Waals surface area (Å²) in [6.45, 7) is 7.26. The van der Waals surface area contributed by atoms with E-state index in [1.165, 1.54) is 6.33 Å². The van der Waals surface area contributed by atoms with E-state index in [-0.39, 0.29) is 0 Å². The Balaban J connectivity index is 2.45. The van der Waals surface area contributed by atoms with Crippen LogP contribution in [0.4, 0.5) is 17.6 Å². The molecule has 0 amide bonds. The minimum atomic E-state index is -0.766. The summed E-state index contributed by atoms with van der Waals surface area (Å²) in [5.41, 5.74) is 0.556. The van der Waals surface area contributed by atoms with Crippen molar-refractivity contribution in [2.45, 2.75) is 45.6 Å². The van der Waals surface area contributed by atoms with E-state index in [0.717, 1.165) is 13.0 Å². The summed E-state index contributed by atoms with van der Waals surface area (Å²) < 4.78 is 0. The quantitative estimate of drug-likeness (QED) is 0.635. The Morgan fingerprint density at radius 2 is 1.72 bits per heavy atom. The zero-order valence-corrected chi connectivity index (χ0v) is 15.8. The first-order valence-corrected chi connectivity index (χ1v) is 8.84. The molecule has 0 unspecified atom stereocenters. The van der Waals surface area contributed by atoms with E-state index in [0.29, 0.717) is 48.0 Å². The molecule has 0 spiro atoms. The number of hydrogen-bond donors (Lipinski definition) is 3. The van der Waals surface area contributed by atoms with Gasteiger partial charge in [-0.05, 0) is 19.3 Å². The molecule has 0 aromatic carbocycles. The molecule has 0 radical (unpaired) electrons. The number of nitrogens with zero attached hydrogens (tertiary/aromatic N) is 5. The predicted molar refractivity (Wildman–Crippen MR) is 102 cm³/mol. The first-order chi connectivity index (χ1) is 11.9. The molecular weight excluding hydrogens is 318 g/mol. The number of anilines is 3. The second-order valence-electron chi connectivity index (χ2n) is 6.40. The molecule has 2 rings (SSSR count). The molecule has 0 bridgehead atoms. The first kappa shape index (κ1) is 19.1. The lowest BCUT2D eigenvalue weighted by atomic mass is 9.98. The fraction of sp³-hybridized carbons (Fsp3) is 0.647. The molecule has 8 nitrogen and oxygen atoms in total. The Kier molecular flexibility index (Phi) is 6.30.